The normalized spacial score (nSPS) is 14.7. The number of benzene rings is 3. The fourth-order valence-electron chi connectivity index (χ4n) is 4.60. The van der Waals surface area contributed by atoms with Gasteiger partial charge < -0.3 is 14.9 Å². The van der Waals surface area contributed by atoms with E-state index in [2.05, 4.69) is 0 Å². The maximum absolute atomic E-state index is 14.1. The molecule has 0 aromatic heterocycles. The highest BCUT2D eigenvalue weighted by Crippen LogP contribution is 2.38. The van der Waals surface area contributed by atoms with Crippen LogP contribution in [-0.2, 0) is 23.6 Å². The van der Waals surface area contributed by atoms with Crippen molar-refractivity contribution in [2.75, 3.05) is 31.1 Å². The fourth-order valence-corrected chi connectivity index (χ4v) is 4.60. The van der Waals surface area contributed by atoms with Gasteiger partial charge in [0.1, 0.15) is 5.82 Å². The van der Waals surface area contributed by atoms with Gasteiger partial charge in [0.25, 0.3) is 5.91 Å². The fraction of sp³-hybridized carbons (Fsp3) is 0.308. The topological polar surface area (TPSA) is 60.9 Å². The molecule has 0 radical (unpaired) electrons. The second-order valence-electron chi connectivity index (χ2n) is 9.01. The van der Waals surface area contributed by atoms with Crippen LogP contribution in [-0.4, -0.2) is 48.1 Å². The third-order valence-corrected chi connectivity index (χ3v) is 6.53. The third kappa shape index (κ3) is 5.53. The molecule has 1 amide bonds. The zero-order chi connectivity index (χ0) is 28.0. The lowest BCUT2D eigenvalue weighted by Gasteiger charge is -2.37. The second-order valence-corrected chi connectivity index (χ2v) is 9.01. The van der Waals surface area contributed by atoms with Crippen molar-refractivity contribution in [3.63, 3.8) is 0 Å². The number of alkyl halides is 6. The number of carbonyl (C=O) groups is 2. The number of anilines is 1. The molecule has 0 bridgehead atoms. The first kappa shape index (κ1) is 27.2. The van der Waals surface area contributed by atoms with Crippen molar-refractivity contribution in [1.82, 2.24) is 4.90 Å². The summed E-state index contributed by atoms with van der Waals surface area (Å²) in [5, 5.41) is 9.99. The van der Waals surface area contributed by atoms with E-state index in [1.54, 1.807) is 13.0 Å². The molecule has 1 N–H and O–H groups in total. The number of hydrogen-bond acceptors (Lipinski definition) is 3. The molecule has 0 aliphatic carbocycles. The van der Waals surface area contributed by atoms with E-state index in [0.717, 1.165) is 6.07 Å². The highest BCUT2D eigenvalue weighted by atomic mass is 19.4. The molecular formula is C26H21F7N2O3. The molecule has 0 saturated carbocycles. The second kappa shape index (κ2) is 9.80. The Hall–Kier alpha value is -3.83. The lowest BCUT2D eigenvalue weighted by molar-refractivity contribution is -0.143. The van der Waals surface area contributed by atoms with Crippen LogP contribution in [0.3, 0.4) is 0 Å². The highest BCUT2D eigenvalue weighted by molar-refractivity contribution is 6.09. The van der Waals surface area contributed by atoms with E-state index in [9.17, 15) is 45.4 Å². The maximum atomic E-state index is 14.1. The quantitative estimate of drug-likeness (QED) is 0.417. The summed E-state index contributed by atoms with van der Waals surface area (Å²) < 4.78 is 93.6. The van der Waals surface area contributed by atoms with Crippen molar-refractivity contribution < 1.29 is 45.4 Å². The molecule has 5 nitrogen and oxygen atoms in total. The summed E-state index contributed by atoms with van der Waals surface area (Å²) in [6, 6.07) is 6.68. The van der Waals surface area contributed by atoms with Crippen LogP contribution in [0.15, 0.2) is 42.5 Å². The Labute approximate surface area is 212 Å². The Morgan fingerprint density at radius 3 is 1.97 bits per heavy atom. The Bertz CT molecular complexity index is 1380. The molecule has 0 atom stereocenters. The van der Waals surface area contributed by atoms with Crippen LogP contribution in [0.1, 0.15) is 32.6 Å². The molecule has 1 aliphatic rings. The number of carboxylic acids is 1. The van der Waals surface area contributed by atoms with Gasteiger partial charge in [-0.25, -0.2) is 4.39 Å². The molecule has 0 spiro atoms. The summed E-state index contributed by atoms with van der Waals surface area (Å²) >= 11 is 0. The molecule has 3 aromatic carbocycles. The van der Waals surface area contributed by atoms with E-state index < -0.39 is 41.2 Å². The Balaban J connectivity index is 1.64. The lowest BCUT2D eigenvalue weighted by Crippen LogP contribution is -2.49. The first-order valence-corrected chi connectivity index (χ1v) is 11.4. The number of piperazine rings is 1. The largest absolute Gasteiger partial charge is 0.481 e. The minimum atomic E-state index is -4.98. The number of fused-ring (bicyclic) bond motifs is 1. The van der Waals surface area contributed by atoms with Crippen molar-refractivity contribution >= 4 is 28.3 Å². The molecule has 3 aromatic rings. The average Bonchev–Trinajstić information content (AvgIpc) is 2.83. The van der Waals surface area contributed by atoms with E-state index >= 15 is 0 Å². The number of halogens is 7. The smallest absolute Gasteiger partial charge is 0.416 e. The zero-order valence-electron chi connectivity index (χ0n) is 19.9. The Morgan fingerprint density at radius 1 is 0.868 bits per heavy atom. The number of amides is 1. The van der Waals surface area contributed by atoms with Crippen molar-refractivity contribution in [3.05, 3.63) is 76.1 Å². The van der Waals surface area contributed by atoms with Crippen molar-refractivity contribution in [1.29, 1.82) is 0 Å². The van der Waals surface area contributed by atoms with Gasteiger partial charge >= 0.3 is 18.3 Å². The van der Waals surface area contributed by atoms with Gasteiger partial charge in [0.2, 0.25) is 0 Å². The minimum absolute atomic E-state index is 0.0319. The van der Waals surface area contributed by atoms with Gasteiger partial charge in [0.05, 0.1) is 23.1 Å². The standard InChI is InChI=1S/C26H21F7N2O3/c1-14-16(9-22(36)37)8-15-2-3-19(27)13-21(15)23(14)24(38)35-6-4-34(5-7-35)20-11-17(25(28,29)30)10-18(12-20)26(31,32)33/h2-3,8,10-13H,4-7,9H2,1H3,(H,36,37). The van der Waals surface area contributed by atoms with Gasteiger partial charge in [-0.2, -0.15) is 26.3 Å². The summed E-state index contributed by atoms with van der Waals surface area (Å²) in [7, 11) is 0. The van der Waals surface area contributed by atoms with Crippen LogP contribution >= 0.6 is 0 Å². The van der Waals surface area contributed by atoms with Crippen molar-refractivity contribution in [2.24, 2.45) is 0 Å². The summed E-state index contributed by atoms with van der Waals surface area (Å²) in [6.45, 7) is 1.38. The van der Waals surface area contributed by atoms with Gasteiger partial charge in [-0.15, -0.1) is 0 Å². The van der Waals surface area contributed by atoms with Crippen LogP contribution in [0.4, 0.5) is 36.4 Å². The first-order chi connectivity index (χ1) is 17.6. The molecule has 1 fully saturated rings. The molecule has 1 aliphatic heterocycles. The summed E-state index contributed by atoms with van der Waals surface area (Å²) in [4.78, 5) is 27.6. The molecule has 0 unspecified atom stereocenters. The highest BCUT2D eigenvalue weighted by Gasteiger charge is 2.38. The molecule has 202 valence electrons. The molecule has 12 heteroatoms. The van der Waals surface area contributed by atoms with Crippen molar-refractivity contribution in [2.45, 2.75) is 25.7 Å². The monoisotopic (exact) mass is 542 g/mol. The van der Waals surface area contributed by atoms with Crippen LogP contribution in [0, 0.1) is 12.7 Å². The number of carbonyl (C=O) groups excluding carboxylic acids is 1. The summed E-state index contributed by atoms with van der Waals surface area (Å²) in [5.74, 6) is -2.27. The van der Waals surface area contributed by atoms with Gasteiger partial charge in [0, 0.05) is 31.9 Å². The predicted octanol–water partition coefficient (Wildman–Crippen LogP) is 5.91. The van der Waals surface area contributed by atoms with E-state index in [0.29, 0.717) is 28.6 Å². The number of aliphatic carboxylic acids is 1. The zero-order valence-corrected chi connectivity index (χ0v) is 19.9. The van der Waals surface area contributed by atoms with E-state index in [1.807, 2.05) is 0 Å². The summed E-state index contributed by atoms with van der Waals surface area (Å²) in [6.07, 6.45) is -10.3. The lowest BCUT2D eigenvalue weighted by atomic mass is 9.92. The third-order valence-electron chi connectivity index (χ3n) is 6.53. The van der Waals surface area contributed by atoms with Crippen molar-refractivity contribution in [3.8, 4) is 0 Å². The van der Waals surface area contributed by atoms with Crippen LogP contribution in [0.5, 0.6) is 0 Å². The average molecular weight is 542 g/mol. The SMILES string of the molecule is Cc1c(CC(=O)O)cc2ccc(F)cc2c1C(=O)N1CCN(c2cc(C(F)(F)F)cc(C(F)(F)F)c2)CC1. The number of carboxylic acid groups (broad SMARTS) is 1. The molecular weight excluding hydrogens is 521 g/mol. The Kier molecular flexibility index (Phi) is 7.02. The summed E-state index contributed by atoms with van der Waals surface area (Å²) in [5.41, 5.74) is -2.32. The Morgan fingerprint density at radius 2 is 1.45 bits per heavy atom. The number of hydrogen-bond donors (Lipinski definition) is 1. The predicted molar refractivity (Wildman–Crippen MR) is 125 cm³/mol. The molecule has 1 saturated heterocycles. The maximum Gasteiger partial charge on any atom is 0.416 e. The van der Waals surface area contributed by atoms with Gasteiger partial charge in [-0.05, 0) is 59.2 Å². The van der Waals surface area contributed by atoms with E-state index in [1.165, 1.54) is 21.9 Å². The van der Waals surface area contributed by atoms with E-state index in [4.69, 9.17) is 0 Å². The minimum Gasteiger partial charge on any atom is -0.481 e. The molecule has 1 heterocycles. The van der Waals surface area contributed by atoms with Crippen LogP contribution in [0.25, 0.3) is 10.8 Å². The molecule has 38 heavy (non-hydrogen) atoms. The van der Waals surface area contributed by atoms with Crippen LogP contribution < -0.4 is 4.90 Å². The van der Waals surface area contributed by atoms with Gasteiger partial charge in [0.15, 0.2) is 0 Å². The number of rotatable bonds is 4. The van der Waals surface area contributed by atoms with E-state index in [-0.39, 0.29) is 55.3 Å². The van der Waals surface area contributed by atoms with Crippen LogP contribution in [0.2, 0.25) is 0 Å². The van der Waals surface area contributed by atoms with Gasteiger partial charge in [-0.3, -0.25) is 9.59 Å². The number of nitrogens with zero attached hydrogens (tertiary/aromatic N) is 2. The molecule has 4 rings (SSSR count). The van der Waals surface area contributed by atoms with Gasteiger partial charge in [-0.1, -0.05) is 12.1 Å². The first-order valence-electron chi connectivity index (χ1n) is 11.4.